The zero-order chi connectivity index (χ0) is 30.1. The van der Waals surface area contributed by atoms with Crippen LogP contribution < -0.4 is 10.7 Å². The van der Waals surface area contributed by atoms with Crippen molar-refractivity contribution in [3.63, 3.8) is 0 Å². The Hall–Kier alpha value is -4.88. The lowest BCUT2D eigenvalue weighted by Crippen LogP contribution is -2.27. The second kappa shape index (κ2) is 10.9. The highest BCUT2D eigenvalue weighted by molar-refractivity contribution is 6.44. The maximum atomic E-state index is 14.4. The minimum Gasteiger partial charge on any atom is -0.465 e. The predicted molar refractivity (Wildman–Crippen MR) is 137 cm³/mol. The summed E-state index contributed by atoms with van der Waals surface area (Å²) in [6.07, 6.45) is -3.03. The van der Waals surface area contributed by atoms with E-state index in [2.05, 4.69) is 20.0 Å². The molecular weight excluding hydrogens is 558 g/mol. The molecule has 0 aromatic carbocycles. The highest BCUT2D eigenvalue weighted by Gasteiger charge is 2.37. The fourth-order valence-corrected chi connectivity index (χ4v) is 4.04. The third-order valence-electron chi connectivity index (χ3n) is 6.03. The van der Waals surface area contributed by atoms with E-state index in [1.165, 1.54) is 24.4 Å². The van der Waals surface area contributed by atoms with Gasteiger partial charge in [-0.1, -0.05) is 0 Å². The van der Waals surface area contributed by atoms with E-state index >= 15 is 0 Å². The number of carbonyl (C=O) groups is 2. The van der Waals surface area contributed by atoms with Gasteiger partial charge in [-0.15, -0.1) is 0 Å². The van der Waals surface area contributed by atoms with E-state index in [9.17, 15) is 35.9 Å². The van der Waals surface area contributed by atoms with Crippen molar-refractivity contribution >= 4 is 40.6 Å². The van der Waals surface area contributed by atoms with E-state index in [0.717, 1.165) is 51.5 Å². The van der Waals surface area contributed by atoms with Crippen LogP contribution in [0.4, 0.5) is 26.3 Å². The van der Waals surface area contributed by atoms with Crippen molar-refractivity contribution < 1.29 is 45.4 Å². The fourth-order valence-electron chi connectivity index (χ4n) is 4.04. The van der Waals surface area contributed by atoms with E-state index in [1.54, 1.807) is 0 Å². The Labute approximate surface area is 227 Å². The van der Waals surface area contributed by atoms with Gasteiger partial charge in [0.1, 0.15) is 16.7 Å². The van der Waals surface area contributed by atoms with Gasteiger partial charge in [0.05, 0.1) is 59.0 Å². The monoisotopic (exact) mass is 578 g/mol. The smallest absolute Gasteiger partial charge is 0.420 e. The third kappa shape index (κ3) is 5.85. The third-order valence-corrected chi connectivity index (χ3v) is 6.03. The Morgan fingerprint density at radius 1 is 0.756 bits per heavy atom. The van der Waals surface area contributed by atoms with Crippen molar-refractivity contribution in [1.29, 1.82) is 0 Å². The molecule has 0 saturated heterocycles. The largest absolute Gasteiger partial charge is 0.465 e. The summed E-state index contributed by atoms with van der Waals surface area (Å²) in [6, 6.07) is 4.55. The number of halogens is 6. The normalized spacial score (nSPS) is 18.8. The molecule has 2 aromatic rings. The molecule has 0 saturated carbocycles. The number of rotatable bonds is 5. The van der Waals surface area contributed by atoms with Crippen molar-refractivity contribution in [3.05, 3.63) is 87.6 Å². The lowest BCUT2D eigenvalue weighted by atomic mass is 10.1. The number of allylic oxidation sites excluding steroid dienone is 5. The molecule has 2 aliphatic rings. The van der Waals surface area contributed by atoms with E-state index in [-0.39, 0.29) is 33.6 Å². The zero-order valence-corrected chi connectivity index (χ0v) is 21.5. The Kier molecular flexibility index (Phi) is 7.77. The molecule has 0 aliphatic carbocycles. The molecule has 2 aliphatic heterocycles. The van der Waals surface area contributed by atoms with Crippen LogP contribution in [0.15, 0.2) is 75.5 Å². The van der Waals surface area contributed by atoms with Crippen molar-refractivity contribution in [2.24, 2.45) is 9.98 Å². The second-order valence-electron chi connectivity index (χ2n) is 8.54. The first-order valence-corrected chi connectivity index (χ1v) is 11.6. The SMILES string of the molecule is COC(=O)C(=C1C=CC=N1)c1ccc(C(=c2ccc(=C(C(=O)OC)C3=NC(=C(C)C(F)(F)F)C=C3)[nH]2)C(F)(F)F)[nH]1. The summed E-state index contributed by atoms with van der Waals surface area (Å²) in [5.41, 5.74) is -3.62. The number of hydrogen-bond acceptors (Lipinski definition) is 6. The number of aromatic nitrogens is 2. The quantitative estimate of drug-likeness (QED) is 0.320. The van der Waals surface area contributed by atoms with Gasteiger partial charge < -0.3 is 19.4 Å². The van der Waals surface area contributed by atoms with Gasteiger partial charge in [-0.2, -0.15) is 26.3 Å². The van der Waals surface area contributed by atoms with Crippen molar-refractivity contribution in [3.8, 4) is 0 Å². The topological polar surface area (TPSA) is 109 Å². The summed E-state index contributed by atoms with van der Waals surface area (Å²) in [7, 11) is 2.12. The minimum absolute atomic E-state index is 0.00527. The summed E-state index contributed by atoms with van der Waals surface area (Å²) in [5, 5.41) is -0.671. The fraction of sp³-hybridized carbons (Fsp3) is 0.185. The van der Waals surface area contributed by atoms with Crippen LogP contribution in [0, 0.1) is 0 Å². The van der Waals surface area contributed by atoms with Gasteiger partial charge in [-0.05, 0) is 55.5 Å². The van der Waals surface area contributed by atoms with Crippen LogP contribution in [0.1, 0.15) is 18.3 Å². The van der Waals surface area contributed by atoms with E-state index in [1.807, 2.05) is 0 Å². The Bertz CT molecular complexity index is 1710. The van der Waals surface area contributed by atoms with Crippen LogP contribution in [0.2, 0.25) is 0 Å². The summed E-state index contributed by atoms with van der Waals surface area (Å²) in [5.74, 6) is -1.87. The number of ether oxygens (including phenoxy) is 2. The molecule has 0 unspecified atom stereocenters. The van der Waals surface area contributed by atoms with Crippen molar-refractivity contribution in [2.45, 2.75) is 19.3 Å². The van der Waals surface area contributed by atoms with E-state index < -0.39 is 52.2 Å². The van der Waals surface area contributed by atoms with Gasteiger partial charge in [0.25, 0.3) is 0 Å². The van der Waals surface area contributed by atoms with Gasteiger partial charge in [0.2, 0.25) is 0 Å². The number of carbonyl (C=O) groups excluding carboxylic acids is 2. The van der Waals surface area contributed by atoms with Crippen LogP contribution >= 0.6 is 0 Å². The molecule has 4 rings (SSSR count). The predicted octanol–water partition coefficient (Wildman–Crippen LogP) is 3.80. The number of methoxy groups -OCH3 is 2. The van der Waals surface area contributed by atoms with Crippen LogP contribution in [0.5, 0.6) is 0 Å². The Morgan fingerprint density at radius 2 is 1.39 bits per heavy atom. The number of aromatic amines is 2. The molecule has 0 amide bonds. The highest BCUT2D eigenvalue weighted by Crippen LogP contribution is 2.33. The number of esters is 2. The summed E-state index contributed by atoms with van der Waals surface area (Å²) in [6.45, 7) is 0.808. The Balaban J connectivity index is 1.92. The number of nitrogens with one attached hydrogen (secondary N) is 2. The van der Waals surface area contributed by atoms with Gasteiger partial charge in [-0.25, -0.2) is 14.6 Å². The van der Waals surface area contributed by atoms with Gasteiger partial charge in [0, 0.05) is 6.21 Å². The van der Waals surface area contributed by atoms with Crippen LogP contribution in [0.3, 0.4) is 0 Å². The molecule has 2 N–H and O–H groups in total. The molecule has 2 aromatic heterocycles. The van der Waals surface area contributed by atoms with Crippen molar-refractivity contribution in [1.82, 2.24) is 9.97 Å². The molecule has 0 fully saturated rings. The summed E-state index contributed by atoms with van der Waals surface area (Å²) < 4.78 is 91.9. The first-order valence-electron chi connectivity index (χ1n) is 11.6. The standard InChI is InChI=1S/C27H20F6N4O4/c1-13(26(28,29)30)14-6-7-17(35-14)22(25(39)41-3)18-9-11-20(37-18)23(27(31,32)33)19-10-8-16(36-19)21(24(38)40-2)15-5-4-12-34-15/h4-12,36-37H,1-3H3. The zero-order valence-electron chi connectivity index (χ0n) is 21.5. The minimum atomic E-state index is -4.94. The molecular formula is C27H20F6N4O4. The average Bonchev–Trinajstić information content (AvgIpc) is 3.71. The van der Waals surface area contributed by atoms with Crippen LogP contribution in [0.25, 0.3) is 16.7 Å². The van der Waals surface area contributed by atoms with E-state index in [4.69, 9.17) is 9.47 Å². The molecule has 0 bridgehead atoms. The first-order chi connectivity index (χ1) is 19.3. The number of aliphatic imine (C=N–C) groups is 2. The lowest BCUT2D eigenvalue weighted by Gasteiger charge is -2.10. The number of nitrogens with zero attached hydrogens (tertiary/aromatic N) is 2. The average molecular weight is 578 g/mol. The molecule has 14 heteroatoms. The Morgan fingerprint density at radius 3 is 1.98 bits per heavy atom. The molecule has 214 valence electrons. The maximum Gasteiger partial charge on any atom is 0.420 e. The van der Waals surface area contributed by atoms with Crippen LogP contribution in [-0.4, -0.2) is 60.4 Å². The maximum absolute atomic E-state index is 14.4. The van der Waals surface area contributed by atoms with Gasteiger partial charge >= 0.3 is 24.3 Å². The van der Waals surface area contributed by atoms with Gasteiger partial charge in [0.15, 0.2) is 0 Å². The lowest BCUT2D eigenvalue weighted by molar-refractivity contribution is -0.134. The number of hydrogen-bond donors (Lipinski definition) is 2. The summed E-state index contributed by atoms with van der Waals surface area (Å²) >= 11 is 0. The highest BCUT2D eigenvalue weighted by atomic mass is 19.4. The second-order valence-corrected chi connectivity index (χ2v) is 8.54. The summed E-state index contributed by atoms with van der Waals surface area (Å²) in [4.78, 5) is 37.9. The molecule has 0 atom stereocenters. The first kappa shape index (κ1) is 29.1. The van der Waals surface area contributed by atoms with Crippen molar-refractivity contribution in [2.75, 3.05) is 14.2 Å². The number of H-pyrrole nitrogens is 2. The molecule has 41 heavy (non-hydrogen) atoms. The molecule has 4 heterocycles. The molecule has 0 radical (unpaired) electrons. The number of alkyl halides is 6. The van der Waals surface area contributed by atoms with Crippen LogP contribution in [-0.2, 0) is 19.1 Å². The molecule has 8 nitrogen and oxygen atoms in total. The molecule has 0 spiro atoms. The van der Waals surface area contributed by atoms with E-state index in [0.29, 0.717) is 0 Å². The van der Waals surface area contributed by atoms with Gasteiger partial charge in [-0.3, -0.25) is 4.99 Å².